The second kappa shape index (κ2) is 6.27. The summed E-state index contributed by atoms with van der Waals surface area (Å²) in [5, 5.41) is 5.67. The molecular weight excluding hydrogens is 260 g/mol. The van der Waals surface area contributed by atoms with E-state index in [1.54, 1.807) is 0 Å². The molecule has 1 saturated heterocycles. The van der Waals surface area contributed by atoms with Gasteiger partial charge in [-0.05, 0) is 37.8 Å². The minimum absolute atomic E-state index is 0.109. The molecule has 0 unspecified atom stereocenters. The minimum atomic E-state index is 0.109. The fraction of sp³-hybridized carbons (Fsp3) is 0.389. The van der Waals surface area contributed by atoms with Crippen molar-refractivity contribution >= 4 is 22.4 Å². The maximum Gasteiger partial charge on any atom is 0.231 e. The van der Waals surface area contributed by atoms with Gasteiger partial charge in [-0.3, -0.25) is 4.79 Å². The summed E-state index contributed by atoms with van der Waals surface area (Å²) in [5.74, 6) is 0.360. The van der Waals surface area contributed by atoms with Gasteiger partial charge in [0.1, 0.15) is 0 Å². The van der Waals surface area contributed by atoms with Gasteiger partial charge < -0.3 is 10.2 Å². The van der Waals surface area contributed by atoms with Crippen molar-refractivity contribution in [1.29, 1.82) is 0 Å². The Hall–Kier alpha value is -1.87. The lowest BCUT2D eigenvalue weighted by Crippen LogP contribution is -2.43. The number of benzene rings is 2. The van der Waals surface area contributed by atoms with Gasteiger partial charge in [-0.2, -0.15) is 0 Å². The lowest BCUT2D eigenvalue weighted by molar-refractivity contribution is -0.122. The lowest BCUT2D eigenvalue weighted by atomic mass is 9.97. The minimum Gasteiger partial charge on any atom is -0.316 e. The molecule has 3 nitrogen and oxygen atoms in total. The van der Waals surface area contributed by atoms with Crippen LogP contribution in [0.4, 0.5) is 5.69 Å². The molecule has 3 heteroatoms. The second-order valence-electron chi connectivity index (χ2n) is 5.62. The Morgan fingerprint density at radius 3 is 2.81 bits per heavy atom. The maximum atomic E-state index is 12.9. The summed E-state index contributed by atoms with van der Waals surface area (Å²) in [6, 6.07) is 14.5. The van der Waals surface area contributed by atoms with E-state index in [-0.39, 0.29) is 11.8 Å². The van der Waals surface area contributed by atoms with Crippen molar-refractivity contribution in [3.8, 4) is 0 Å². The normalized spacial score (nSPS) is 18.6. The van der Waals surface area contributed by atoms with Gasteiger partial charge in [0.05, 0.1) is 11.6 Å². The Balaban J connectivity index is 1.96. The molecule has 110 valence electrons. The molecule has 21 heavy (non-hydrogen) atoms. The molecule has 2 aromatic carbocycles. The number of anilines is 1. The van der Waals surface area contributed by atoms with E-state index in [0.29, 0.717) is 6.54 Å². The Labute approximate surface area is 125 Å². The molecule has 1 N–H and O–H groups in total. The van der Waals surface area contributed by atoms with Crippen LogP contribution in [0.5, 0.6) is 0 Å². The van der Waals surface area contributed by atoms with Crippen molar-refractivity contribution in [2.24, 2.45) is 5.92 Å². The van der Waals surface area contributed by atoms with Gasteiger partial charge in [-0.15, -0.1) is 0 Å². The van der Waals surface area contributed by atoms with Crippen molar-refractivity contribution in [1.82, 2.24) is 5.32 Å². The second-order valence-corrected chi connectivity index (χ2v) is 5.62. The van der Waals surface area contributed by atoms with Crippen LogP contribution in [0.2, 0.25) is 0 Å². The van der Waals surface area contributed by atoms with Crippen LogP contribution in [0.1, 0.15) is 19.8 Å². The Kier molecular flexibility index (Phi) is 4.20. The molecule has 2 aromatic rings. The quantitative estimate of drug-likeness (QED) is 0.937. The molecule has 0 radical (unpaired) electrons. The van der Waals surface area contributed by atoms with E-state index in [1.165, 1.54) is 5.39 Å². The van der Waals surface area contributed by atoms with E-state index >= 15 is 0 Å². The van der Waals surface area contributed by atoms with E-state index in [0.717, 1.165) is 37.0 Å². The number of nitrogens with one attached hydrogen (secondary N) is 1. The number of hydrogen-bond donors (Lipinski definition) is 1. The third kappa shape index (κ3) is 2.79. The zero-order valence-corrected chi connectivity index (χ0v) is 12.5. The van der Waals surface area contributed by atoms with Crippen molar-refractivity contribution in [2.45, 2.75) is 19.8 Å². The number of nitrogens with zero attached hydrogens (tertiary/aromatic N) is 1. The highest BCUT2D eigenvalue weighted by molar-refractivity contribution is 6.04. The van der Waals surface area contributed by atoms with E-state index in [9.17, 15) is 4.79 Å². The first-order valence-electron chi connectivity index (χ1n) is 7.81. The van der Waals surface area contributed by atoms with Crippen LogP contribution in [-0.2, 0) is 4.79 Å². The molecule has 0 spiro atoms. The Bertz CT molecular complexity index is 627. The Morgan fingerprint density at radius 2 is 2.05 bits per heavy atom. The first kappa shape index (κ1) is 14.1. The molecule has 0 saturated carbocycles. The van der Waals surface area contributed by atoms with Crippen molar-refractivity contribution in [3.63, 3.8) is 0 Å². The summed E-state index contributed by atoms with van der Waals surface area (Å²) < 4.78 is 0. The molecule has 1 aliphatic heterocycles. The molecule has 0 aromatic heterocycles. The van der Waals surface area contributed by atoms with Gasteiger partial charge >= 0.3 is 0 Å². The lowest BCUT2D eigenvalue weighted by Gasteiger charge is -2.29. The van der Waals surface area contributed by atoms with Gasteiger partial charge in [0.25, 0.3) is 0 Å². The number of amides is 1. The average Bonchev–Trinajstić information content (AvgIpc) is 2.56. The van der Waals surface area contributed by atoms with Gasteiger partial charge in [0.15, 0.2) is 0 Å². The summed E-state index contributed by atoms with van der Waals surface area (Å²) in [6.07, 6.45) is 2.08. The van der Waals surface area contributed by atoms with Crippen LogP contribution in [0.25, 0.3) is 10.8 Å². The largest absolute Gasteiger partial charge is 0.316 e. The van der Waals surface area contributed by atoms with Crippen molar-refractivity contribution < 1.29 is 4.79 Å². The summed E-state index contributed by atoms with van der Waals surface area (Å²) in [5.41, 5.74) is 1.03. The molecule has 1 atom stereocenters. The fourth-order valence-electron chi connectivity index (χ4n) is 3.17. The third-order valence-electron chi connectivity index (χ3n) is 4.29. The molecule has 1 fully saturated rings. The Morgan fingerprint density at radius 1 is 1.24 bits per heavy atom. The van der Waals surface area contributed by atoms with Gasteiger partial charge in [0, 0.05) is 18.5 Å². The summed E-state index contributed by atoms with van der Waals surface area (Å²) >= 11 is 0. The van der Waals surface area contributed by atoms with Crippen LogP contribution in [0.3, 0.4) is 0 Å². The van der Waals surface area contributed by atoms with Crippen molar-refractivity contribution in [2.75, 3.05) is 24.5 Å². The zero-order chi connectivity index (χ0) is 14.7. The number of carbonyl (C=O) groups is 1. The van der Waals surface area contributed by atoms with Gasteiger partial charge in [-0.25, -0.2) is 0 Å². The molecule has 1 aliphatic rings. The predicted molar refractivity (Wildman–Crippen MR) is 87.6 cm³/mol. The molecular formula is C18H22N2O. The predicted octanol–water partition coefficient (Wildman–Crippen LogP) is 3.19. The first-order chi connectivity index (χ1) is 10.3. The standard InChI is InChI=1S/C18H22N2O/c1-2-20(18(21)15-9-6-12-19-13-15)17-11-5-8-14-7-3-4-10-16(14)17/h3-5,7-8,10-11,15,19H,2,6,9,12-13H2,1H3/t15-/m1/s1. The zero-order valence-electron chi connectivity index (χ0n) is 12.5. The van der Waals surface area contributed by atoms with Crippen LogP contribution >= 0.6 is 0 Å². The molecule has 1 amide bonds. The number of hydrogen-bond acceptors (Lipinski definition) is 2. The number of carbonyl (C=O) groups excluding carboxylic acids is 1. The average molecular weight is 282 g/mol. The topological polar surface area (TPSA) is 32.3 Å². The number of fused-ring (bicyclic) bond motifs is 1. The molecule has 1 heterocycles. The molecule has 0 aliphatic carbocycles. The summed E-state index contributed by atoms with van der Waals surface area (Å²) in [6.45, 7) is 4.60. The van der Waals surface area contributed by atoms with Crippen LogP contribution in [-0.4, -0.2) is 25.5 Å². The number of piperidine rings is 1. The smallest absolute Gasteiger partial charge is 0.231 e. The van der Waals surface area contributed by atoms with E-state index in [2.05, 4.69) is 36.5 Å². The van der Waals surface area contributed by atoms with Gasteiger partial charge in [-0.1, -0.05) is 36.4 Å². The van der Waals surface area contributed by atoms with Crippen LogP contribution in [0.15, 0.2) is 42.5 Å². The summed E-state index contributed by atoms with van der Waals surface area (Å²) in [4.78, 5) is 14.8. The monoisotopic (exact) mass is 282 g/mol. The highest BCUT2D eigenvalue weighted by Gasteiger charge is 2.26. The number of rotatable bonds is 3. The third-order valence-corrected chi connectivity index (χ3v) is 4.29. The van der Waals surface area contributed by atoms with E-state index < -0.39 is 0 Å². The van der Waals surface area contributed by atoms with Crippen LogP contribution < -0.4 is 10.2 Å². The highest BCUT2D eigenvalue weighted by atomic mass is 16.2. The van der Waals surface area contributed by atoms with Crippen molar-refractivity contribution in [3.05, 3.63) is 42.5 Å². The fourth-order valence-corrected chi connectivity index (χ4v) is 3.17. The first-order valence-corrected chi connectivity index (χ1v) is 7.81. The van der Waals surface area contributed by atoms with Gasteiger partial charge in [0.2, 0.25) is 5.91 Å². The SMILES string of the molecule is CCN(C(=O)[C@@H]1CCCNC1)c1cccc2ccccc12. The molecule has 3 rings (SSSR count). The summed E-state index contributed by atoms with van der Waals surface area (Å²) in [7, 11) is 0. The maximum absolute atomic E-state index is 12.9. The molecule has 0 bridgehead atoms. The highest BCUT2D eigenvalue weighted by Crippen LogP contribution is 2.28. The van der Waals surface area contributed by atoms with E-state index in [1.807, 2.05) is 23.1 Å². The van der Waals surface area contributed by atoms with Crippen LogP contribution in [0, 0.1) is 5.92 Å². The van der Waals surface area contributed by atoms with E-state index in [4.69, 9.17) is 0 Å².